The fraction of sp³-hybridized carbons (Fsp3) is 0.750. The number of carbonyl (C=O) groups excluding carboxylic acids is 1. The van der Waals surface area contributed by atoms with Crippen molar-refractivity contribution in [3.63, 3.8) is 0 Å². The van der Waals surface area contributed by atoms with Crippen molar-refractivity contribution >= 4 is 18.0 Å². The number of urea groups is 1. The molecule has 112 valence electrons. The maximum Gasteiger partial charge on any atom is 0.326 e. The zero-order valence-electron chi connectivity index (χ0n) is 11.0. The number of amides is 2. The SMILES string of the molecule is O=C(O)C[C@@H](NC(=O)NC1CN2CCC1CC2)C(=O)O. The smallest absolute Gasteiger partial charge is 0.326 e. The molecule has 0 radical (unpaired) electrons. The first-order valence-corrected chi connectivity index (χ1v) is 6.69. The molecule has 3 fully saturated rings. The predicted molar refractivity (Wildman–Crippen MR) is 68.3 cm³/mol. The Bertz CT molecular complexity index is 406. The number of nitrogens with zero attached hydrogens (tertiary/aromatic N) is 1. The third kappa shape index (κ3) is 3.60. The Morgan fingerprint density at radius 2 is 1.85 bits per heavy atom. The van der Waals surface area contributed by atoms with E-state index in [1.165, 1.54) is 0 Å². The molecule has 0 spiro atoms. The normalized spacial score (nSPS) is 29.5. The van der Waals surface area contributed by atoms with Gasteiger partial charge in [-0.2, -0.15) is 0 Å². The van der Waals surface area contributed by atoms with E-state index in [0.717, 1.165) is 32.5 Å². The Labute approximate surface area is 116 Å². The van der Waals surface area contributed by atoms with Gasteiger partial charge >= 0.3 is 18.0 Å². The standard InChI is InChI=1S/C12H19N3O5/c16-10(17)5-8(11(18)19)13-12(20)14-9-6-15-3-1-7(9)2-4-15/h7-9H,1-6H2,(H,16,17)(H,18,19)(H2,13,14,20)/t8-,9?/m1/s1. The highest BCUT2D eigenvalue weighted by atomic mass is 16.4. The lowest BCUT2D eigenvalue weighted by Crippen LogP contribution is -2.59. The number of hydrogen-bond acceptors (Lipinski definition) is 4. The molecule has 1 unspecified atom stereocenters. The van der Waals surface area contributed by atoms with E-state index in [9.17, 15) is 14.4 Å². The monoisotopic (exact) mass is 285 g/mol. The van der Waals surface area contributed by atoms with Crippen molar-refractivity contribution < 1.29 is 24.6 Å². The van der Waals surface area contributed by atoms with Crippen LogP contribution in [0, 0.1) is 5.92 Å². The molecular formula is C12H19N3O5. The minimum Gasteiger partial charge on any atom is -0.481 e. The van der Waals surface area contributed by atoms with Crippen LogP contribution in [0.2, 0.25) is 0 Å². The van der Waals surface area contributed by atoms with Crippen LogP contribution in [0.5, 0.6) is 0 Å². The highest BCUT2D eigenvalue weighted by Crippen LogP contribution is 2.27. The molecule has 3 rings (SSSR count). The summed E-state index contributed by atoms with van der Waals surface area (Å²) in [4.78, 5) is 35.5. The van der Waals surface area contributed by atoms with Crippen LogP contribution in [-0.2, 0) is 9.59 Å². The molecule has 0 aromatic heterocycles. The summed E-state index contributed by atoms with van der Waals surface area (Å²) < 4.78 is 0. The van der Waals surface area contributed by atoms with E-state index < -0.39 is 30.4 Å². The molecule has 20 heavy (non-hydrogen) atoms. The minimum absolute atomic E-state index is 0.0109. The average molecular weight is 285 g/mol. The number of nitrogens with one attached hydrogen (secondary N) is 2. The number of hydrogen-bond donors (Lipinski definition) is 4. The maximum atomic E-state index is 11.8. The first-order valence-electron chi connectivity index (χ1n) is 6.69. The lowest BCUT2D eigenvalue weighted by molar-refractivity contribution is -0.145. The van der Waals surface area contributed by atoms with Crippen LogP contribution < -0.4 is 10.6 Å². The minimum atomic E-state index is -1.41. The molecule has 3 saturated heterocycles. The van der Waals surface area contributed by atoms with E-state index in [-0.39, 0.29) is 6.04 Å². The van der Waals surface area contributed by atoms with Gasteiger partial charge < -0.3 is 25.7 Å². The summed E-state index contributed by atoms with van der Waals surface area (Å²) in [5, 5.41) is 22.4. The van der Waals surface area contributed by atoms with Gasteiger partial charge in [0.15, 0.2) is 0 Å². The van der Waals surface area contributed by atoms with Crippen LogP contribution >= 0.6 is 0 Å². The van der Waals surface area contributed by atoms with Gasteiger partial charge in [0.25, 0.3) is 0 Å². The molecule has 0 saturated carbocycles. The fourth-order valence-electron chi connectivity index (χ4n) is 2.87. The van der Waals surface area contributed by atoms with Crippen molar-refractivity contribution in [2.45, 2.75) is 31.3 Å². The van der Waals surface area contributed by atoms with Gasteiger partial charge in [-0.15, -0.1) is 0 Å². The average Bonchev–Trinajstić information content (AvgIpc) is 2.38. The van der Waals surface area contributed by atoms with Gasteiger partial charge in [-0.05, 0) is 31.8 Å². The van der Waals surface area contributed by atoms with E-state index in [4.69, 9.17) is 10.2 Å². The Morgan fingerprint density at radius 1 is 1.20 bits per heavy atom. The van der Waals surface area contributed by atoms with E-state index >= 15 is 0 Å². The molecule has 3 aliphatic rings. The van der Waals surface area contributed by atoms with Crippen molar-refractivity contribution in [1.82, 2.24) is 15.5 Å². The first kappa shape index (κ1) is 14.6. The summed E-state index contributed by atoms with van der Waals surface area (Å²) in [6, 6.07) is -2.01. The second kappa shape index (κ2) is 6.08. The Morgan fingerprint density at radius 3 is 2.30 bits per heavy atom. The van der Waals surface area contributed by atoms with Crippen LogP contribution in [-0.4, -0.2) is 64.8 Å². The first-order chi connectivity index (χ1) is 9.45. The second-order valence-corrected chi connectivity index (χ2v) is 5.35. The highest BCUT2D eigenvalue weighted by Gasteiger charge is 2.35. The molecule has 2 amide bonds. The van der Waals surface area contributed by atoms with Crippen molar-refractivity contribution in [2.75, 3.05) is 19.6 Å². The molecule has 8 heteroatoms. The summed E-state index contributed by atoms with van der Waals surface area (Å²) in [7, 11) is 0. The number of piperidine rings is 3. The molecule has 2 atom stereocenters. The van der Waals surface area contributed by atoms with E-state index in [2.05, 4.69) is 15.5 Å². The van der Waals surface area contributed by atoms with Crippen molar-refractivity contribution in [3.05, 3.63) is 0 Å². The van der Waals surface area contributed by atoms with Crippen LogP contribution in [0.15, 0.2) is 0 Å². The quantitative estimate of drug-likeness (QED) is 0.531. The summed E-state index contributed by atoms with van der Waals surface area (Å²) in [5.74, 6) is -2.19. The third-order valence-corrected chi connectivity index (χ3v) is 3.95. The fourth-order valence-corrected chi connectivity index (χ4v) is 2.87. The Balaban J connectivity index is 1.85. The number of carboxylic acids is 2. The van der Waals surface area contributed by atoms with Gasteiger partial charge in [0.2, 0.25) is 0 Å². The molecule has 2 bridgehead atoms. The van der Waals surface area contributed by atoms with Crippen LogP contribution in [0.3, 0.4) is 0 Å². The largest absolute Gasteiger partial charge is 0.481 e. The summed E-state index contributed by atoms with van der Waals surface area (Å²) in [5.41, 5.74) is 0. The zero-order valence-corrected chi connectivity index (χ0v) is 11.0. The molecule has 3 heterocycles. The second-order valence-electron chi connectivity index (χ2n) is 5.35. The topological polar surface area (TPSA) is 119 Å². The third-order valence-electron chi connectivity index (χ3n) is 3.95. The Kier molecular flexibility index (Phi) is 4.43. The highest BCUT2D eigenvalue weighted by molar-refractivity contribution is 5.86. The molecule has 4 N–H and O–H groups in total. The van der Waals surface area contributed by atoms with Crippen molar-refractivity contribution in [1.29, 1.82) is 0 Å². The summed E-state index contributed by atoms with van der Waals surface area (Å²) >= 11 is 0. The van der Waals surface area contributed by atoms with Crippen molar-refractivity contribution in [3.8, 4) is 0 Å². The lowest BCUT2D eigenvalue weighted by Gasteiger charge is -2.44. The van der Waals surface area contributed by atoms with Gasteiger partial charge in [0.05, 0.1) is 6.42 Å². The van der Waals surface area contributed by atoms with E-state index in [1.54, 1.807) is 0 Å². The van der Waals surface area contributed by atoms with Gasteiger partial charge in [0.1, 0.15) is 6.04 Å². The molecule has 0 aromatic rings. The Hall–Kier alpha value is -1.83. The maximum absolute atomic E-state index is 11.8. The number of fused-ring (bicyclic) bond motifs is 3. The number of rotatable bonds is 5. The van der Waals surface area contributed by atoms with Gasteiger partial charge in [-0.1, -0.05) is 0 Å². The van der Waals surface area contributed by atoms with Crippen LogP contribution in [0.4, 0.5) is 4.79 Å². The van der Waals surface area contributed by atoms with Gasteiger partial charge in [-0.25, -0.2) is 9.59 Å². The molecular weight excluding hydrogens is 266 g/mol. The molecule has 3 aliphatic heterocycles. The van der Waals surface area contributed by atoms with E-state index in [1.807, 2.05) is 0 Å². The van der Waals surface area contributed by atoms with Gasteiger partial charge in [-0.3, -0.25) is 4.79 Å². The number of aliphatic carboxylic acids is 2. The summed E-state index contributed by atoms with van der Waals surface area (Å²) in [6.07, 6.45) is 1.42. The molecule has 0 aromatic carbocycles. The number of carboxylic acid groups (broad SMARTS) is 2. The zero-order chi connectivity index (χ0) is 14.7. The predicted octanol–water partition coefficient (Wildman–Crippen LogP) is -0.692. The summed E-state index contributed by atoms with van der Waals surface area (Å²) in [6.45, 7) is 2.86. The molecule has 8 nitrogen and oxygen atoms in total. The van der Waals surface area contributed by atoms with Crippen molar-refractivity contribution in [2.24, 2.45) is 5.92 Å². The van der Waals surface area contributed by atoms with Crippen LogP contribution in [0.25, 0.3) is 0 Å². The van der Waals surface area contributed by atoms with Crippen LogP contribution in [0.1, 0.15) is 19.3 Å². The van der Waals surface area contributed by atoms with E-state index in [0.29, 0.717) is 5.92 Å². The number of carbonyl (C=O) groups is 3. The van der Waals surface area contributed by atoms with Gasteiger partial charge in [0, 0.05) is 12.6 Å². The molecule has 0 aliphatic carbocycles. The lowest BCUT2D eigenvalue weighted by atomic mass is 9.84.